The molecular weight excluding hydrogens is 459 g/mol. The highest BCUT2D eigenvalue weighted by molar-refractivity contribution is 5.94. The van der Waals surface area contributed by atoms with Crippen LogP contribution in [0.4, 0.5) is 10.2 Å². The van der Waals surface area contributed by atoms with Crippen molar-refractivity contribution < 1.29 is 9.13 Å². The van der Waals surface area contributed by atoms with E-state index in [1.165, 1.54) is 12.8 Å². The number of benzene rings is 1. The van der Waals surface area contributed by atoms with E-state index in [1.807, 2.05) is 25.1 Å². The van der Waals surface area contributed by atoms with E-state index in [4.69, 9.17) is 9.73 Å². The first kappa shape index (κ1) is 24.1. The van der Waals surface area contributed by atoms with Crippen molar-refractivity contribution in [3.05, 3.63) is 53.4 Å². The zero-order chi connectivity index (χ0) is 25.1. The molecule has 2 fully saturated rings. The van der Waals surface area contributed by atoms with Gasteiger partial charge in [0.2, 0.25) is 0 Å². The predicted molar refractivity (Wildman–Crippen MR) is 141 cm³/mol. The molecule has 0 amide bonds. The molecule has 2 aromatic heterocycles. The standard InChI is InChI=1S/C26H33FN8O/c1-4-18-14-35(10-9-29-18)25(13-23(28-3)32-24-12-21(33-34-24)17-5-6-17)30-15-36-22-8-7-20-19(26(22)27)11-16(2)31-20/h7-8,11-13,17-18,29,31H,3-6,9-10,14-15H2,1-2H3,(H2,32,33,34)/b23-13+,30-25+. The summed E-state index contributed by atoms with van der Waals surface area (Å²) in [7, 11) is 0. The van der Waals surface area contributed by atoms with Crippen LogP contribution >= 0.6 is 0 Å². The second-order valence-corrected chi connectivity index (χ2v) is 9.38. The second kappa shape index (κ2) is 10.5. The number of hydrogen-bond acceptors (Lipinski definition) is 6. The summed E-state index contributed by atoms with van der Waals surface area (Å²) in [4.78, 5) is 14.2. The van der Waals surface area contributed by atoms with E-state index >= 15 is 0 Å². The molecule has 5 rings (SSSR count). The Morgan fingerprint density at radius 1 is 1.36 bits per heavy atom. The molecule has 4 N–H and O–H groups in total. The van der Waals surface area contributed by atoms with Crippen LogP contribution in [-0.2, 0) is 0 Å². The molecule has 190 valence electrons. The minimum Gasteiger partial charge on any atom is -0.468 e. The first-order valence-corrected chi connectivity index (χ1v) is 12.5. The molecule has 9 nitrogen and oxygen atoms in total. The van der Waals surface area contributed by atoms with Crippen molar-refractivity contribution in [2.75, 3.05) is 31.7 Å². The van der Waals surface area contributed by atoms with E-state index in [2.05, 4.69) is 49.3 Å². The topological polar surface area (TPSA) is 106 Å². The van der Waals surface area contributed by atoms with Crippen molar-refractivity contribution in [1.82, 2.24) is 25.4 Å². The molecule has 1 aliphatic carbocycles. The SMILES string of the molecule is C=N/C(=C\C(=N/COc1ccc2[nH]c(C)cc2c1F)N1CCNC(CC)C1)Nc1cc(C2CC2)[nH]n1. The minimum absolute atomic E-state index is 0.0307. The summed E-state index contributed by atoms with van der Waals surface area (Å²) in [6.45, 7) is 10.2. The molecule has 1 saturated carbocycles. The summed E-state index contributed by atoms with van der Waals surface area (Å²) in [5.41, 5.74) is 2.77. The lowest BCUT2D eigenvalue weighted by molar-refractivity contribution is 0.279. The Kier molecular flexibility index (Phi) is 7.04. The second-order valence-electron chi connectivity index (χ2n) is 9.38. The number of ether oxygens (including phenoxy) is 1. The lowest BCUT2D eigenvalue weighted by Gasteiger charge is -2.34. The molecule has 0 radical (unpaired) electrons. The molecule has 1 aliphatic heterocycles. The zero-order valence-electron chi connectivity index (χ0n) is 20.8. The van der Waals surface area contributed by atoms with Gasteiger partial charge in [-0.15, -0.1) is 0 Å². The van der Waals surface area contributed by atoms with Crippen LogP contribution in [0.5, 0.6) is 5.75 Å². The van der Waals surface area contributed by atoms with Gasteiger partial charge in [0.05, 0.1) is 0 Å². The Morgan fingerprint density at radius 3 is 3.00 bits per heavy atom. The molecule has 0 spiro atoms. The van der Waals surface area contributed by atoms with Crippen molar-refractivity contribution >= 4 is 29.3 Å². The van der Waals surface area contributed by atoms with Gasteiger partial charge in [0, 0.05) is 66.0 Å². The first-order chi connectivity index (χ1) is 17.5. The van der Waals surface area contributed by atoms with Crippen LogP contribution in [0.1, 0.15) is 43.5 Å². The number of hydrogen-bond donors (Lipinski definition) is 4. The normalized spacial score (nSPS) is 19.1. The molecule has 36 heavy (non-hydrogen) atoms. The zero-order valence-corrected chi connectivity index (χ0v) is 20.8. The third-order valence-electron chi connectivity index (χ3n) is 6.66. The van der Waals surface area contributed by atoms with Crippen molar-refractivity contribution in [3.8, 4) is 5.75 Å². The highest BCUT2D eigenvalue weighted by Gasteiger charge is 2.26. The van der Waals surface area contributed by atoms with Crippen LogP contribution in [0, 0.1) is 12.7 Å². The fraction of sp³-hybridized carbons (Fsp3) is 0.423. The average molecular weight is 493 g/mol. The van der Waals surface area contributed by atoms with Gasteiger partial charge in [-0.05, 0) is 51.1 Å². The van der Waals surface area contributed by atoms with Gasteiger partial charge < -0.3 is 25.3 Å². The lowest BCUT2D eigenvalue weighted by atomic mass is 10.1. The molecule has 1 unspecified atom stereocenters. The van der Waals surface area contributed by atoms with E-state index in [0.29, 0.717) is 34.8 Å². The summed E-state index contributed by atoms with van der Waals surface area (Å²) in [6.07, 6.45) is 5.24. The van der Waals surface area contributed by atoms with Crippen molar-refractivity contribution in [3.63, 3.8) is 0 Å². The van der Waals surface area contributed by atoms with Crippen molar-refractivity contribution in [2.45, 2.75) is 45.1 Å². The highest BCUT2D eigenvalue weighted by atomic mass is 19.1. The lowest BCUT2D eigenvalue weighted by Crippen LogP contribution is -2.52. The Bertz CT molecular complexity index is 1290. The number of H-pyrrole nitrogens is 2. The number of nitrogens with zero attached hydrogens (tertiary/aromatic N) is 4. The van der Waals surface area contributed by atoms with Gasteiger partial charge in [-0.3, -0.25) is 5.10 Å². The molecule has 1 aromatic carbocycles. The maximum atomic E-state index is 15.0. The maximum absolute atomic E-state index is 15.0. The number of piperazine rings is 1. The molecule has 3 aromatic rings. The number of aromatic nitrogens is 3. The number of halogens is 1. The summed E-state index contributed by atoms with van der Waals surface area (Å²) in [6, 6.07) is 7.59. The summed E-state index contributed by atoms with van der Waals surface area (Å²) >= 11 is 0. The van der Waals surface area contributed by atoms with Crippen LogP contribution in [-0.4, -0.2) is 65.0 Å². The molecule has 10 heteroatoms. The van der Waals surface area contributed by atoms with Gasteiger partial charge >= 0.3 is 0 Å². The Morgan fingerprint density at radius 2 is 2.22 bits per heavy atom. The van der Waals surface area contributed by atoms with E-state index in [1.54, 1.807) is 12.1 Å². The number of aromatic amines is 2. The molecule has 3 heterocycles. The number of aryl methyl sites for hydroxylation is 1. The van der Waals surface area contributed by atoms with E-state index in [0.717, 1.165) is 43.0 Å². The Hall–Kier alpha value is -3.66. The van der Waals surface area contributed by atoms with Gasteiger partial charge in [0.15, 0.2) is 24.1 Å². The first-order valence-electron chi connectivity index (χ1n) is 12.5. The molecule has 0 bridgehead atoms. The summed E-state index contributed by atoms with van der Waals surface area (Å²) < 4.78 is 20.7. The van der Waals surface area contributed by atoms with Gasteiger partial charge in [0.1, 0.15) is 11.7 Å². The predicted octanol–water partition coefficient (Wildman–Crippen LogP) is 4.29. The van der Waals surface area contributed by atoms with E-state index in [-0.39, 0.29) is 12.5 Å². The van der Waals surface area contributed by atoms with Gasteiger partial charge in [0.25, 0.3) is 0 Å². The Balaban J connectivity index is 1.36. The van der Waals surface area contributed by atoms with Crippen molar-refractivity contribution in [1.29, 1.82) is 0 Å². The summed E-state index contributed by atoms with van der Waals surface area (Å²) in [5, 5.41) is 14.7. The molecule has 2 aliphatic rings. The third-order valence-corrected chi connectivity index (χ3v) is 6.66. The third kappa shape index (κ3) is 5.43. The number of amidine groups is 1. The van der Waals surface area contributed by atoms with E-state index < -0.39 is 5.82 Å². The number of anilines is 1. The number of rotatable bonds is 9. The fourth-order valence-corrected chi connectivity index (χ4v) is 4.49. The highest BCUT2D eigenvalue weighted by Crippen LogP contribution is 2.39. The summed E-state index contributed by atoms with van der Waals surface area (Å²) in [5.74, 6) is 2.27. The van der Waals surface area contributed by atoms with Crippen LogP contribution in [0.25, 0.3) is 10.9 Å². The maximum Gasteiger partial charge on any atom is 0.181 e. The number of aliphatic imine (C=N–C) groups is 2. The molecule has 1 saturated heterocycles. The van der Waals surface area contributed by atoms with E-state index in [9.17, 15) is 4.39 Å². The number of fused-ring (bicyclic) bond motifs is 1. The van der Waals surface area contributed by atoms with Gasteiger partial charge in [-0.2, -0.15) is 5.10 Å². The Labute approximate surface area is 209 Å². The van der Waals surface area contributed by atoms with Crippen molar-refractivity contribution in [2.24, 2.45) is 9.98 Å². The smallest absolute Gasteiger partial charge is 0.181 e. The van der Waals surface area contributed by atoms with Crippen LogP contribution < -0.4 is 15.4 Å². The monoisotopic (exact) mass is 492 g/mol. The van der Waals surface area contributed by atoms with Crippen LogP contribution in [0.15, 0.2) is 46.1 Å². The van der Waals surface area contributed by atoms with Gasteiger partial charge in [-0.25, -0.2) is 14.4 Å². The van der Waals surface area contributed by atoms with Crippen LogP contribution in [0.2, 0.25) is 0 Å². The van der Waals surface area contributed by atoms with Gasteiger partial charge in [-0.1, -0.05) is 6.92 Å². The molecule has 1 atom stereocenters. The number of nitrogens with one attached hydrogen (secondary N) is 4. The quantitative estimate of drug-likeness (QED) is 0.263. The largest absolute Gasteiger partial charge is 0.468 e. The molecular formula is C26H33FN8O. The van der Waals surface area contributed by atoms with Crippen LogP contribution in [0.3, 0.4) is 0 Å². The minimum atomic E-state index is -0.391. The average Bonchev–Trinajstić information content (AvgIpc) is 3.51. The fourth-order valence-electron chi connectivity index (χ4n) is 4.49.